The van der Waals surface area contributed by atoms with Crippen LogP contribution in [0.4, 0.5) is 9.52 Å². The summed E-state index contributed by atoms with van der Waals surface area (Å²) in [6, 6.07) is 9.75. The first-order valence-electron chi connectivity index (χ1n) is 9.24. The zero-order valence-corrected chi connectivity index (χ0v) is 16.2. The highest BCUT2D eigenvalue weighted by molar-refractivity contribution is 7.20. The van der Waals surface area contributed by atoms with Crippen molar-refractivity contribution in [3.63, 3.8) is 0 Å². The van der Waals surface area contributed by atoms with Gasteiger partial charge in [0.25, 0.3) is 5.91 Å². The highest BCUT2D eigenvalue weighted by atomic mass is 32.1. The number of rotatable bonds is 3. The number of piperazine rings is 1. The summed E-state index contributed by atoms with van der Waals surface area (Å²) in [5.74, 6) is -0.235. The number of benzene rings is 1. The number of pyridine rings is 1. The van der Waals surface area contributed by atoms with Crippen LogP contribution in [0.2, 0.25) is 0 Å². The van der Waals surface area contributed by atoms with Gasteiger partial charge in [-0.2, -0.15) is 0 Å². The van der Waals surface area contributed by atoms with Gasteiger partial charge in [0.1, 0.15) is 5.82 Å². The lowest BCUT2D eigenvalue weighted by atomic mass is 10.2. The fourth-order valence-corrected chi connectivity index (χ4v) is 4.29. The van der Waals surface area contributed by atoms with Crippen LogP contribution in [0.15, 0.2) is 55.0 Å². The molecule has 9 heteroatoms. The zero-order valence-electron chi connectivity index (χ0n) is 15.4. The monoisotopic (exact) mass is 408 g/mol. The Morgan fingerprint density at radius 3 is 2.41 bits per heavy atom. The second-order valence-corrected chi connectivity index (χ2v) is 7.69. The van der Waals surface area contributed by atoms with Crippen LogP contribution >= 0.6 is 11.3 Å². The number of carbonyl (C=O) groups excluding carboxylic acids is 1. The molecule has 0 radical (unpaired) electrons. The van der Waals surface area contributed by atoms with Gasteiger partial charge in [-0.1, -0.05) is 11.3 Å². The van der Waals surface area contributed by atoms with E-state index in [0.717, 1.165) is 34.4 Å². The number of hydrogen-bond acceptors (Lipinski definition) is 6. The normalized spacial score (nSPS) is 14.5. The molecule has 0 spiro atoms. The second kappa shape index (κ2) is 7.25. The number of carbonyl (C=O) groups is 1. The molecule has 1 amide bonds. The molecule has 0 bridgehead atoms. The SMILES string of the molecule is O=C(c1ccncc1)N1CCN(c2nn3cc(-c4ccc(F)cc4)nc3s2)CC1. The van der Waals surface area contributed by atoms with E-state index in [-0.39, 0.29) is 11.7 Å². The molecule has 1 saturated heterocycles. The van der Waals surface area contributed by atoms with Crippen molar-refractivity contribution in [3.05, 3.63) is 66.4 Å². The Bertz CT molecular complexity index is 1120. The average molecular weight is 408 g/mol. The Hall–Kier alpha value is -3.33. The fraction of sp³-hybridized carbons (Fsp3) is 0.200. The Labute approximate surface area is 170 Å². The molecule has 4 heterocycles. The lowest BCUT2D eigenvalue weighted by Gasteiger charge is -2.34. The van der Waals surface area contributed by atoms with Gasteiger partial charge in [0, 0.05) is 49.7 Å². The van der Waals surface area contributed by atoms with Crippen molar-refractivity contribution < 1.29 is 9.18 Å². The number of amides is 1. The van der Waals surface area contributed by atoms with E-state index in [9.17, 15) is 9.18 Å². The molecular weight excluding hydrogens is 391 g/mol. The van der Waals surface area contributed by atoms with E-state index in [1.165, 1.54) is 23.5 Å². The molecule has 7 nitrogen and oxygen atoms in total. The Morgan fingerprint density at radius 2 is 1.72 bits per heavy atom. The summed E-state index contributed by atoms with van der Waals surface area (Å²) >= 11 is 1.51. The van der Waals surface area contributed by atoms with Crippen LogP contribution in [0.25, 0.3) is 16.2 Å². The van der Waals surface area contributed by atoms with Crippen molar-refractivity contribution in [1.82, 2.24) is 24.5 Å². The number of anilines is 1. The molecule has 146 valence electrons. The van der Waals surface area contributed by atoms with Gasteiger partial charge < -0.3 is 9.80 Å². The molecule has 3 aromatic heterocycles. The van der Waals surface area contributed by atoms with E-state index in [4.69, 9.17) is 0 Å². The molecule has 0 aliphatic carbocycles. The molecule has 0 unspecified atom stereocenters. The van der Waals surface area contributed by atoms with Crippen LogP contribution in [0, 0.1) is 5.82 Å². The van der Waals surface area contributed by atoms with Gasteiger partial charge in [-0.15, -0.1) is 5.10 Å². The van der Waals surface area contributed by atoms with Gasteiger partial charge in [-0.25, -0.2) is 13.9 Å². The maximum absolute atomic E-state index is 13.1. The van der Waals surface area contributed by atoms with Gasteiger partial charge >= 0.3 is 0 Å². The first kappa shape index (κ1) is 17.7. The summed E-state index contributed by atoms with van der Waals surface area (Å²) < 4.78 is 14.9. The van der Waals surface area contributed by atoms with E-state index < -0.39 is 0 Å². The van der Waals surface area contributed by atoms with Gasteiger partial charge in [0.2, 0.25) is 10.1 Å². The summed E-state index contributed by atoms with van der Waals surface area (Å²) in [5.41, 5.74) is 2.28. The molecule has 29 heavy (non-hydrogen) atoms. The third-order valence-corrected chi connectivity index (χ3v) is 5.92. The Morgan fingerprint density at radius 1 is 1.00 bits per heavy atom. The summed E-state index contributed by atoms with van der Waals surface area (Å²) in [4.78, 5) is 26.0. The Kier molecular flexibility index (Phi) is 4.44. The van der Waals surface area contributed by atoms with Crippen LogP contribution in [0.5, 0.6) is 0 Å². The van der Waals surface area contributed by atoms with Crippen molar-refractivity contribution >= 4 is 27.3 Å². The van der Waals surface area contributed by atoms with Crippen molar-refractivity contribution in [2.75, 3.05) is 31.1 Å². The first-order chi connectivity index (χ1) is 14.2. The van der Waals surface area contributed by atoms with E-state index in [1.54, 1.807) is 41.2 Å². The maximum atomic E-state index is 13.1. The summed E-state index contributed by atoms with van der Waals surface area (Å²) in [7, 11) is 0. The second-order valence-electron chi connectivity index (χ2n) is 6.76. The molecule has 0 N–H and O–H groups in total. The van der Waals surface area contributed by atoms with Crippen LogP contribution in [-0.4, -0.2) is 56.6 Å². The summed E-state index contributed by atoms with van der Waals surface area (Å²) in [6.45, 7) is 2.73. The van der Waals surface area contributed by atoms with Gasteiger partial charge in [0.15, 0.2) is 0 Å². The topological polar surface area (TPSA) is 66.6 Å². The molecular formula is C20H17FN6OS. The largest absolute Gasteiger partial charge is 0.343 e. The van der Waals surface area contributed by atoms with Crippen molar-refractivity contribution in [2.24, 2.45) is 0 Å². The molecule has 5 rings (SSSR count). The van der Waals surface area contributed by atoms with E-state index in [1.807, 2.05) is 11.1 Å². The van der Waals surface area contributed by atoms with Gasteiger partial charge in [0.05, 0.1) is 11.9 Å². The Balaban J connectivity index is 1.28. The number of fused-ring (bicyclic) bond motifs is 1. The van der Waals surface area contributed by atoms with Crippen LogP contribution < -0.4 is 4.90 Å². The number of hydrogen-bond donors (Lipinski definition) is 0. The molecule has 1 aromatic carbocycles. The third kappa shape index (κ3) is 3.44. The lowest BCUT2D eigenvalue weighted by molar-refractivity contribution is 0.0746. The van der Waals surface area contributed by atoms with Crippen molar-refractivity contribution in [3.8, 4) is 11.3 Å². The average Bonchev–Trinajstić information content (AvgIpc) is 3.34. The van der Waals surface area contributed by atoms with E-state index in [0.29, 0.717) is 18.7 Å². The number of imidazole rings is 1. The molecule has 1 aliphatic heterocycles. The first-order valence-corrected chi connectivity index (χ1v) is 10.1. The van der Waals surface area contributed by atoms with Crippen LogP contribution in [-0.2, 0) is 0 Å². The van der Waals surface area contributed by atoms with E-state index >= 15 is 0 Å². The highest BCUT2D eigenvalue weighted by Crippen LogP contribution is 2.27. The molecule has 4 aromatic rings. The van der Waals surface area contributed by atoms with Crippen molar-refractivity contribution in [2.45, 2.75) is 0 Å². The zero-order chi connectivity index (χ0) is 19.8. The smallest absolute Gasteiger partial charge is 0.254 e. The third-order valence-electron chi connectivity index (χ3n) is 4.94. The standard InChI is InChI=1S/C20H17FN6OS/c21-16-3-1-14(2-4-16)17-13-27-19(23-17)29-20(24-27)26-11-9-25(10-12-26)18(28)15-5-7-22-8-6-15/h1-8,13H,9-12H2. The molecule has 1 fully saturated rings. The van der Waals surface area contributed by atoms with Gasteiger partial charge in [-0.05, 0) is 36.4 Å². The van der Waals surface area contributed by atoms with E-state index in [2.05, 4.69) is 20.0 Å². The minimum Gasteiger partial charge on any atom is -0.343 e. The molecule has 1 aliphatic rings. The number of halogens is 1. The van der Waals surface area contributed by atoms with Crippen LogP contribution in [0.1, 0.15) is 10.4 Å². The summed E-state index contributed by atoms with van der Waals surface area (Å²) in [5, 5.41) is 5.52. The lowest BCUT2D eigenvalue weighted by Crippen LogP contribution is -2.48. The summed E-state index contributed by atoms with van der Waals surface area (Å²) in [6.07, 6.45) is 5.12. The van der Waals surface area contributed by atoms with Gasteiger partial charge in [-0.3, -0.25) is 9.78 Å². The maximum Gasteiger partial charge on any atom is 0.254 e. The predicted octanol–water partition coefficient (Wildman–Crippen LogP) is 2.95. The minimum atomic E-state index is -0.267. The van der Waals surface area contributed by atoms with Crippen LogP contribution in [0.3, 0.4) is 0 Å². The quantitative estimate of drug-likeness (QED) is 0.521. The van der Waals surface area contributed by atoms with Crippen molar-refractivity contribution in [1.29, 1.82) is 0 Å². The highest BCUT2D eigenvalue weighted by Gasteiger charge is 2.24. The fourth-order valence-electron chi connectivity index (χ4n) is 3.36. The molecule has 0 atom stereocenters. The minimum absolute atomic E-state index is 0.0323. The molecule has 0 saturated carbocycles. The number of nitrogens with zero attached hydrogens (tertiary/aromatic N) is 6. The predicted molar refractivity (Wildman–Crippen MR) is 109 cm³/mol. The number of aromatic nitrogens is 4.